The maximum atomic E-state index is 12.9. The van der Waals surface area contributed by atoms with Crippen LogP contribution in [0.4, 0.5) is 19.1 Å². The molecule has 2 heterocycles. The van der Waals surface area contributed by atoms with Gasteiger partial charge in [0.15, 0.2) is 0 Å². The van der Waals surface area contributed by atoms with Crippen LogP contribution < -0.4 is 4.90 Å². The Morgan fingerprint density at radius 3 is 2.60 bits per heavy atom. The van der Waals surface area contributed by atoms with E-state index < -0.39 is 17.8 Å². The summed E-state index contributed by atoms with van der Waals surface area (Å²) in [6.45, 7) is 2.78. The fourth-order valence-corrected chi connectivity index (χ4v) is 3.03. The summed E-state index contributed by atoms with van der Waals surface area (Å²) in [5, 5.41) is 0. The Kier molecular flexibility index (Phi) is 5.19. The number of alkyl halides is 3. The molecule has 1 aromatic carbocycles. The molecule has 1 aliphatic heterocycles. The lowest BCUT2D eigenvalue weighted by molar-refractivity contribution is -0.137. The smallest absolute Gasteiger partial charge is 0.370 e. The Morgan fingerprint density at radius 1 is 1.24 bits per heavy atom. The number of thioether (sulfide) groups is 1. The van der Waals surface area contributed by atoms with Gasteiger partial charge in [-0.05, 0) is 30.9 Å². The summed E-state index contributed by atoms with van der Waals surface area (Å²) in [6.07, 6.45) is 0.610. The first-order valence-corrected chi connectivity index (χ1v) is 9.02. The average molecular weight is 369 g/mol. The zero-order chi connectivity index (χ0) is 18.0. The van der Waals surface area contributed by atoms with Crippen LogP contribution in [-0.4, -0.2) is 35.4 Å². The van der Waals surface area contributed by atoms with Crippen molar-refractivity contribution in [3.05, 3.63) is 47.8 Å². The molecule has 1 saturated heterocycles. The monoisotopic (exact) mass is 369 g/mol. The molecule has 1 aromatic heterocycles. The van der Waals surface area contributed by atoms with Crippen LogP contribution >= 0.6 is 11.8 Å². The largest absolute Gasteiger partial charge is 0.416 e. The molecule has 2 aromatic rings. The molecule has 1 aliphatic rings. The molecule has 3 rings (SSSR count). The first-order chi connectivity index (χ1) is 11.9. The Balaban J connectivity index is 1.82. The molecule has 134 valence electrons. The maximum absolute atomic E-state index is 12.9. The first-order valence-electron chi connectivity index (χ1n) is 7.80. The van der Waals surface area contributed by atoms with Gasteiger partial charge in [0.1, 0.15) is 6.10 Å². The van der Waals surface area contributed by atoms with Crippen molar-refractivity contribution in [2.45, 2.75) is 30.1 Å². The third-order valence-electron chi connectivity index (χ3n) is 4.13. The van der Waals surface area contributed by atoms with Crippen LogP contribution in [0.2, 0.25) is 0 Å². The number of nitrogens with zero attached hydrogens (tertiary/aromatic N) is 3. The number of aromatic nitrogens is 2. The van der Waals surface area contributed by atoms with Gasteiger partial charge in [-0.15, -0.1) is 11.8 Å². The second-order valence-electron chi connectivity index (χ2n) is 5.87. The molecule has 25 heavy (non-hydrogen) atoms. The van der Waals surface area contributed by atoms with Crippen molar-refractivity contribution in [2.75, 3.05) is 24.3 Å². The predicted octanol–water partition coefficient (Wildman–Crippen LogP) is 4.18. The number of anilines is 1. The van der Waals surface area contributed by atoms with Gasteiger partial charge in [0.05, 0.1) is 24.8 Å². The lowest BCUT2D eigenvalue weighted by atomic mass is 10.0. The van der Waals surface area contributed by atoms with Crippen molar-refractivity contribution in [3.8, 4) is 0 Å². The van der Waals surface area contributed by atoms with Gasteiger partial charge in [0, 0.05) is 17.3 Å². The lowest BCUT2D eigenvalue weighted by Gasteiger charge is -2.38. The van der Waals surface area contributed by atoms with E-state index in [1.54, 1.807) is 30.2 Å². The highest BCUT2D eigenvalue weighted by Crippen LogP contribution is 2.33. The number of hydrogen-bond donors (Lipinski definition) is 0. The van der Waals surface area contributed by atoms with E-state index in [1.165, 1.54) is 6.07 Å². The SMILES string of the molecule is CSc1cnc(N2C[C@@H](c3cccc(C(F)(F)F)c3)OC[C@H]2C)nc1. The lowest BCUT2D eigenvalue weighted by Crippen LogP contribution is -2.46. The topological polar surface area (TPSA) is 38.2 Å². The first kappa shape index (κ1) is 18.0. The number of ether oxygens (including phenoxy) is 1. The molecule has 8 heteroatoms. The van der Waals surface area contributed by atoms with Crippen molar-refractivity contribution in [3.63, 3.8) is 0 Å². The minimum atomic E-state index is -4.37. The third kappa shape index (κ3) is 4.07. The van der Waals surface area contributed by atoms with Gasteiger partial charge >= 0.3 is 6.18 Å². The summed E-state index contributed by atoms with van der Waals surface area (Å²) in [4.78, 5) is 11.7. The van der Waals surface area contributed by atoms with E-state index in [1.807, 2.05) is 18.1 Å². The summed E-state index contributed by atoms with van der Waals surface area (Å²) in [6, 6.07) is 5.33. The quantitative estimate of drug-likeness (QED) is 0.759. The molecule has 0 aliphatic carbocycles. The summed E-state index contributed by atoms with van der Waals surface area (Å²) in [7, 11) is 0. The highest BCUT2D eigenvalue weighted by molar-refractivity contribution is 7.98. The van der Waals surface area contributed by atoms with E-state index in [0.29, 0.717) is 24.7 Å². The molecule has 4 nitrogen and oxygen atoms in total. The Hall–Kier alpha value is -1.80. The van der Waals surface area contributed by atoms with Crippen LogP contribution in [0.1, 0.15) is 24.2 Å². The summed E-state index contributed by atoms with van der Waals surface area (Å²) >= 11 is 1.55. The van der Waals surface area contributed by atoms with Gasteiger partial charge in [-0.3, -0.25) is 0 Å². The maximum Gasteiger partial charge on any atom is 0.416 e. The molecule has 2 atom stereocenters. The minimum absolute atomic E-state index is 0.0437. The number of morpholine rings is 1. The van der Waals surface area contributed by atoms with Crippen molar-refractivity contribution >= 4 is 17.7 Å². The molecule has 0 unspecified atom stereocenters. The number of rotatable bonds is 3. The number of halogens is 3. The molecular formula is C17H18F3N3OS. The predicted molar refractivity (Wildman–Crippen MR) is 90.8 cm³/mol. The normalized spacial score (nSPS) is 21.4. The van der Waals surface area contributed by atoms with E-state index >= 15 is 0 Å². The number of benzene rings is 1. The molecule has 0 bridgehead atoms. The van der Waals surface area contributed by atoms with Crippen molar-refractivity contribution in [1.82, 2.24) is 9.97 Å². The summed E-state index contributed by atoms with van der Waals surface area (Å²) in [5.41, 5.74) is -0.160. The molecule has 0 saturated carbocycles. The molecule has 0 amide bonds. The van der Waals surface area contributed by atoms with Gasteiger partial charge in [0.2, 0.25) is 5.95 Å². The highest BCUT2D eigenvalue weighted by atomic mass is 32.2. The number of hydrogen-bond acceptors (Lipinski definition) is 5. The van der Waals surface area contributed by atoms with Gasteiger partial charge < -0.3 is 9.64 Å². The molecule has 0 radical (unpaired) electrons. The second-order valence-corrected chi connectivity index (χ2v) is 6.75. The van der Waals surface area contributed by atoms with Crippen LogP contribution in [0, 0.1) is 0 Å². The van der Waals surface area contributed by atoms with E-state index in [2.05, 4.69) is 9.97 Å². The summed E-state index contributed by atoms with van der Waals surface area (Å²) < 4.78 is 44.6. The standard InChI is InChI=1S/C17H18F3N3OS/c1-11-10-24-15(12-4-3-5-13(6-12)17(18,19)20)9-23(11)16-21-7-14(25-2)8-22-16/h3-8,11,15H,9-10H2,1-2H3/t11-,15+/m1/s1. The van der Waals surface area contributed by atoms with Crippen LogP contribution in [0.5, 0.6) is 0 Å². The van der Waals surface area contributed by atoms with Gasteiger partial charge in [-0.1, -0.05) is 12.1 Å². The van der Waals surface area contributed by atoms with Crippen LogP contribution in [0.3, 0.4) is 0 Å². The van der Waals surface area contributed by atoms with Crippen LogP contribution in [0.25, 0.3) is 0 Å². The highest BCUT2D eigenvalue weighted by Gasteiger charge is 2.33. The van der Waals surface area contributed by atoms with Gasteiger partial charge in [-0.25, -0.2) is 9.97 Å². The zero-order valence-electron chi connectivity index (χ0n) is 13.8. The molecular weight excluding hydrogens is 351 g/mol. The average Bonchev–Trinajstić information content (AvgIpc) is 2.62. The summed E-state index contributed by atoms with van der Waals surface area (Å²) in [5.74, 6) is 0.561. The van der Waals surface area contributed by atoms with Gasteiger partial charge in [-0.2, -0.15) is 13.2 Å². The van der Waals surface area contributed by atoms with E-state index in [9.17, 15) is 13.2 Å². The zero-order valence-corrected chi connectivity index (χ0v) is 14.6. The Labute approximate surface area is 148 Å². The minimum Gasteiger partial charge on any atom is -0.370 e. The van der Waals surface area contributed by atoms with Crippen molar-refractivity contribution in [2.24, 2.45) is 0 Å². The van der Waals surface area contributed by atoms with E-state index in [4.69, 9.17) is 4.74 Å². The van der Waals surface area contributed by atoms with Gasteiger partial charge in [0.25, 0.3) is 0 Å². The molecule has 0 spiro atoms. The third-order valence-corrected chi connectivity index (χ3v) is 4.81. The van der Waals surface area contributed by atoms with Crippen molar-refractivity contribution < 1.29 is 17.9 Å². The Bertz CT molecular complexity index is 724. The van der Waals surface area contributed by atoms with E-state index in [0.717, 1.165) is 17.0 Å². The fraction of sp³-hybridized carbons (Fsp3) is 0.412. The fourth-order valence-electron chi connectivity index (χ4n) is 2.72. The molecule has 0 N–H and O–H groups in total. The van der Waals surface area contributed by atoms with E-state index in [-0.39, 0.29) is 6.04 Å². The van der Waals surface area contributed by atoms with Crippen molar-refractivity contribution in [1.29, 1.82) is 0 Å². The second kappa shape index (κ2) is 7.21. The van der Waals surface area contributed by atoms with Crippen LogP contribution in [-0.2, 0) is 10.9 Å². The molecule has 1 fully saturated rings. The van der Waals surface area contributed by atoms with Crippen LogP contribution in [0.15, 0.2) is 41.6 Å². The Morgan fingerprint density at radius 2 is 1.96 bits per heavy atom.